The van der Waals surface area contributed by atoms with Gasteiger partial charge >= 0.3 is 0 Å². The summed E-state index contributed by atoms with van der Waals surface area (Å²) >= 11 is 0. The molecule has 0 saturated heterocycles. The zero-order valence-corrected chi connectivity index (χ0v) is 12.4. The Morgan fingerprint density at radius 2 is 1.80 bits per heavy atom. The van der Waals surface area contributed by atoms with E-state index in [1.54, 1.807) is 0 Å². The largest absolute Gasteiger partial charge is 0.366 e. The summed E-state index contributed by atoms with van der Waals surface area (Å²) in [5, 5.41) is 3.23. The number of rotatable bonds is 5. The summed E-state index contributed by atoms with van der Waals surface area (Å²) in [7, 11) is -3.00. The predicted molar refractivity (Wildman–Crippen MR) is 81.3 cm³/mol. The fraction of sp³-hybridized carbons (Fsp3) is 0.267. The van der Waals surface area contributed by atoms with Crippen LogP contribution in [0.3, 0.4) is 0 Å². The van der Waals surface area contributed by atoms with Gasteiger partial charge in [-0.15, -0.1) is 0 Å². The lowest BCUT2D eigenvalue weighted by atomic mass is 10.1. The van der Waals surface area contributed by atoms with Crippen molar-refractivity contribution in [2.75, 3.05) is 11.6 Å². The van der Waals surface area contributed by atoms with E-state index in [2.05, 4.69) is 10.3 Å². The highest BCUT2D eigenvalue weighted by Crippen LogP contribution is 2.11. The first-order valence-corrected chi connectivity index (χ1v) is 8.41. The Morgan fingerprint density at radius 3 is 2.50 bits per heavy atom. The molecule has 0 spiro atoms. The summed E-state index contributed by atoms with van der Waals surface area (Å²) in [5.41, 5.74) is 2.80. The average Bonchev–Trinajstić information content (AvgIpc) is 2.35. The number of sulfone groups is 1. The van der Waals surface area contributed by atoms with Gasteiger partial charge in [-0.25, -0.2) is 13.4 Å². The maximum atomic E-state index is 11.3. The van der Waals surface area contributed by atoms with Crippen molar-refractivity contribution in [3.8, 4) is 0 Å². The van der Waals surface area contributed by atoms with Gasteiger partial charge in [0.25, 0.3) is 0 Å². The van der Waals surface area contributed by atoms with Gasteiger partial charge in [0.05, 0.1) is 5.75 Å². The minimum atomic E-state index is -3.00. The van der Waals surface area contributed by atoms with E-state index in [0.29, 0.717) is 6.54 Å². The van der Waals surface area contributed by atoms with E-state index in [-0.39, 0.29) is 5.75 Å². The summed E-state index contributed by atoms with van der Waals surface area (Å²) in [6.07, 6.45) is 1.24. The van der Waals surface area contributed by atoms with Crippen molar-refractivity contribution in [2.45, 2.75) is 19.2 Å². The van der Waals surface area contributed by atoms with Crippen LogP contribution in [0.1, 0.15) is 16.8 Å². The van der Waals surface area contributed by atoms with Crippen molar-refractivity contribution in [3.05, 3.63) is 59.3 Å². The second kappa shape index (κ2) is 6.05. The number of anilines is 1. The lowest BCUT2D eigenvalue weighted by Crippen LogP contribution is -2.04. The van der Waals surface area contributed by atoms with Gasteiger partial charge in [-0.3, -0.25) is 0 Å². The molecule has 0 bridgehead atoms. The zero-order valence-electron chi connectivity index (χ0n) is 11.6. The average molecular weight is 290 g/mol. The quantitative estimate of drug-likeness (QED) is 0.919. The molecular formula is C15H18N2O2S. The summed E-state index contributed by atoms with van der Waals surface area (Å²) in [5.74, 6) is 0.891. The summed E-state index contributed by atoms with van der Waals surface area (Å²) in [4.78, 5) is 4.36. The van der Waals surface area contributed by atoms with Gasteiger partial charge in [0, 0.05) is 18.5 Å². The van der Waals surface area contributed by atoms with Crippen LogP contribution in [-0.4, -0.2) is 19.7 Å². The molecule has 0 radical (unpaired) electrons. The SMILES string of the molecule is Cc1cccc(NCc2cccc(CS(C)(=O)=O)c2)n1. The number of benzene rings is 1. The lowest BCUT2D eigenvalue weighted by Gasteiger charge is -2.08. The second-order valence-electron chi connectivity index (χ2n) is 4.91. The van der Waals surface area contributed by atoms with Crippen molar-refractivity contribution in [1.82, 2.24) is 4.98 Å². The predicted octanol–water partition coefficient (Wildman–Crippen LogP) is 2.55. The molecule has 1 aromatic carbocycles. The fourth-order valence-electron chi connectivity index (χ4n) is 1.97. The van der Waals surface area contributed by atoms with Crippen LogP contribution in [-0.2, 0) is 22.1 Å². The van der Waals surface area contributed by atoms with Crippen LogP contribution in [0.25, 0.3) is 0 Å². The minimum Gasteiger partial charge on any atom is -0.366 e. The summed E-state index contributed by atoms with van der Waals surface area (Å²) < 4.78 is 22.6. The third-order valence-corrected chi connectivity index (χ3v) is 3.64. The van der Waals surface area contributed by atoms with Crippen molar-refractivity contribution < 1.29 is 8.42 Å². The Labute approximate surface area is 119 Å². The van der Waals surface area contributed by atoms with Crippen LogP contribution in [0, 0.1) is 6.92 Å². The standard InChI is InChI=1S/C15H18N2O2S/c1-12-5-3-8-15(17-12)16-10-13-6-4-7-14(9-13)11-20(2,18)19/h3-9H,10-11H2,1-2H3,(H,16,17). The van der Waals surface area contributed by atoms with E-state index in [1.807, 2.05) is 49.4 Å². The van der Waals surface area contributed by atoms with E-state index in [1.165, 1.54) is 6.26 Å². The molecular weight excluding hydrogens is 272 g/mol. The van der Waals surface area contributed by atoms with Gasteiger partial charge in [0.1, 0.15) is 5.82 Å². The van der Waals surface area contributed by atoms with Gasteiger partial charge in [0.2, 0.25) is 0 Å². The Kier molecular flexibility index (Phi) is 4.39. The number of hydrogen-bond donors (Lipinski definition) is 1. The second-order valence-corrected chi connectivity index (χ2v) is 7.05. The van der Waals surface area contributed by atoms with Gasteiger partial charge in [-0.1, -0.05) is 30.3 Å². The molecule has 2 aromatic rings. The number of aryl methyl sites for hydroxylation is 1. The van der Waals surface area contributed by atoms with Gasteiger partial charge < -0.3 is 5.32 Å². The van der Waals surface area contributed by atoms with Crippen molar-refractivity contribution in [2.24, 2.45) is 0 Å². The number of aromatic nitrogens is 1. The van der Waals surface area contributed by atoms with E-state index < -0.39 is 9.84 Å². The molecule has 106 valence electrons. The zero-order chi connectivity index (χ0) is 14.6. The Balaban J connectivity index is 2.05. The molecule has 1 heterocycles. The number of nitrogens with one attached hydrogen (secondary N) is 1. The molecule has 0 unspecified atom stereocenters. The Morgan fingerprint density at radius 1 is 1.10 bits per heavy atom. The topological polar surface area (TPSA) is 59.1 Å². The molecule has 4 nitrogen and oxygen atoms in total. The summed E-state index contributed by atoms with van der Waals surface area (Å²) in [6, 6.07) is 13.4. The van der Waals surface area contributed by atoms with Crippen LogP contribution in [0.4, 0.5) is 5.82 Å². The lowest BCUT2D eigenvalue weighted by molar-refractivity contribution is 0.601. The number of pyridine rings is 1. The summed E-state index contributed by atoms with van der Waals surface area (Å²) in [6.45, 7) is 2.56. The minimum absolute atomic E-state index is 0.0730. The van der Waals surface area contributed by atoms with Crippen LogP contribution < -0.4 is 5.32 Å². The molecule has 0 aliphatic carbocycles. The molecule has 0 aliphatic heterocycles. The normalized spacial score (nSPS) is 11.3. The maximum absolute atomic E-state index is 11.3. The van der Waals surface area contributed by atoms with Crippen LogP contribution in [0.15, 0.2) is 42.5 Å². The van der Waals surface area contributed by atoms with E-state index in [9.17, 15) is 8.42 Å². The van der Waals surface area contributed by atoms with E-state index in [4.69, 9.17) is 0 Å². The number of nitrogens with zero attached hydrogens (tertiary/aromatic N) is 1. The highest BCUT2D eigenvalue weighted by Gasteiger charge is 2.05. The molecule has 1 aromatic heterocycles. The Bertz CT molecular complexity index is 697. The molecule has 2 rings (SSSR count). The highest BCUT2D eigenvalue weighted by molar-refractivity contribution is 7.89. The van der Waals surface area contributed by atoms with Gasteiger partial charge in [-0.05, 0) is 30.2 Å². The molecule has 5 heteroatoms. The molecule has 0 fully saturated rings. The monoisotopic (exact) mass is 290 g/mol. The van der Waals surface area contributed by atoms with Gasteiger partial charge in [0.15, 0.2) is 9.84 Å². The van der Waals surface area contributed by atoms with Crippen LogP contribution >= 0.6 is 0 Å². The highest BCUT2D eigenvalue weighted by atomic mass is 32.2. The Hall–Kier alpha value is -1.88. The van der Waals surface area contributed by atoms with Crippen molar-refractivity contribution in [3.63, 3.8) is 0 Å². The third-order valence-electron chi connectivity index (χ3n) is 2.78. The first-order valence-electron chi connectivity index (χ1n) is 6.35. The first kappa shape index (κ1) is 14.5. The molecule has 0 aliphatic rings. The maximum Gasteiger partial charge on any atom is 0.151 e. The van der Waals surface area contributed by atoms with Crippen LogP contribution in [0.5, 0.6) is 0 Å². The molecule has 20 heavy (non-hydrogen) atoms. The van der Waals surface area contributed by atoms with Crippen molar-refractivity contribution in [1.29, 1.82) is 0 Å². The van der Waals surface area contributed by atoms with Crippen molar-refractivity contribution >= 4 is 15.7 Å². The molecule has 0 amide bonds. The molecule has 1 N–H and O–H groups in total. The first-order chi connectivity index (χ1) is 9.42. The number of hydrogen-bond acceptors (Lipinski definition) is 4. The third kappa shape index (κ3) is 4.66. The van der Waals surface area contributed by atoms with Gasteiger partial charge in [-0.2, -0.15) is 0 Å². The molecule has 0 saturated carbocycles. The van der Waals surface area contributed by atoms with Crippen LogP contribution in [0.2, 0.25) is 0 Å². The smallest absolute Gasteiger partial charge is 0.151 e. The fourth-order valence-corrected chi connectivity index (χ4v) is 2.75. The van der Waals surface area contributed by atoms with E-state index >= 15 is 0 Å². The molecule has 0 atom stereocenters. The van der Waals surface area contributed by atoms with E-state index in [0.717, 1.165) is 22.6 Å².